The quantitative estimate of drug-likeness (QED) is 0.792. The molecule has 6 nitrogen and oxygen atoms in total. The molecule has 140 valence electrons. The molecular weight excluding hydrogens is 349 g/mol. The summed E-state index contributed by atoms with van der Waals surface area (Å²) in [4.78, 5) is 29.0. The van der Waals surface area contributed by atoms with Crippen LogP contribution in [0.5, 0.6) is 0 Å². The Hall–Kier alpha value is -3.22. The molecule has 1 aliphatic heterocycles. The fraction of sp³-hybridized carbons (Fsp3) is 0.250. The Morgan fingerprint density at radius 2 is 1.85 bits per heavy atom. The molecule has 0 spiro atoms. The summed E-state index contributed by atoms with van der Waals surface area (Å²) in [5, 5.41) is 12.0. The number of aliphatic carboxylic acids is 1. The fourth-order valence-electron chi connectivity index (χ4n) is 2.97. The van der Waals surface area contributed by atoms with Crippen LogP contribution in [0, 0.1) is 5.82 Å². The Kier molecular flexibility index (Phi) is 5.80. The first-order chi connectivity index (χ1) is 13.0. The average Bonchev–Trinajstić information content (AvgIpc) is 2.68. The monoisotopic (exact) mass is 369 g/mol. The maximum Gasteiger partial charge on any atom is 0.328 e. The summed E-state index contributed by atoms with van der Waals surface area (Å²) in [7, 11) is 0. The topological polar surface area (TPSA) is 82.5 Å². The van der Waals surface area contributed by atoms with Gasteiger partial charge in [-0.2, -0.15) is 0 Å². The van der Waals surface area contributed by atoms with E-state index in [0.29, 0.717) is 30.0 Å². The van der Waals surface area contributed by atoms with Crippen molar-refractivity contribution < 1.29 is 19.1 Å². The number of carbonyl (C=O) groups excluding carboxylic acids is 1. The van der Waals surface area contributed by atoms with Gasteiger partial charge in [0.05, 0.1) is 0 Å². The SMILES string of the molecule is O=C(O)/C=C/c1ccc(NC2CCN(C(=O)c3ccc(F)cc3)CC2)nc1. The third-order valence-corrected chi connectivity index (χ3v) is 4.43. The number of rotatable bonds is 5. The van der Waals surface area contributed by atoms with E-state index in [2.05, 4.69) is 10.3 Å². The van der Waals surface area contributed by atoms with Crippen LogP contribution in [0.15, 0.2) is 48.7 Å². The number of nitrogens with one attached hydrogen (secondary N) is 1. The number of nitrogens with zero attached hydrogens (tertiary/aromatic N) is 2. The van der Waals surface area contributed by atoms with Gasteiger partial charge in [-0.05, 0) is 60.9 Å². The molecule has 1 saturated heterocycles. The number of carboxylic acid groups (broad SMARTS) is 1. The van der Waals surface area contributed by atoms with Crippen molar-refractivity contribution in [1.29, 1.82) is 0 Å². The lowest BCUT2D eigenvalue weighted by Gasteiger charge is -2.32. The van der Waals surface area contributed by atoms with Crippen LogP contribution in [0.2, 0.25) is 0 Å². The molecule has 0 radical (unpaired) electrons. The van der Waals surface area contributed by atoms with E-state index in [4.69, 9.17) is 5.11 Å². The molecule has 0 atom stereocenters. The number of carboxylic acids is 1. The smallest absolute Gasteiger partial charge is 0.328 e. The van der Waals surface area contributed by atoms with Gasteiger partial charge < -0.3 is 15.3 Å². The molecule has 0 bridgehead atoms. The van der Waals surface area contributed by atoms with Crippen LogP contribution in [0.25, 0.3) is 6.08 Å². The summed E-state index contributed by atoms with van der Waals surface area (Å²) in [6.07, 6.45) is 5.73. The summed E-state index contributed by atoms with van der Waals surface area (Å²) in [6.45, 7) is 1.24. The average molecular weight is 369 g/mol. The molecule has 1 amide bonds. The first-order valence-electron chi connectivity index (χ1n) is 8.70. The number of hydrogen-bond donors (Lipinski definition) is 2. The van der Waals surface area contributed by atoms with Crippen molar-refractivity contribution in [3.8, 4) is 0 Å². The van der Waals surface area contributed by atoms with E-state index in [-0.39, 0.29) is 17.8 Å². The van der Waals surface area contributed by atoms with Crippen molar-refractivity contribution in [3.63, 3.8) is 0 Å². The number of carbonyl (C=O) groups is 2. The number of pyridine rings is 1. The molecule has 0 saturated carbocycles. The van der Waals surface area contributed by atoms with E-state index in [0.717, 1.165) is 18.9 Å². The molecule has 0 aliphatic carbocycles. The van der Waals surface area contributed by atoms with Crippen molar-refractivity contribution in [2.24, 2.45) is 0 Å². The lowest BCUT2D eigenvalue weighted by molar-refractivity contribution is -0.131. The molecule has 1 aromatic carbocycles. The second-order valence-corrected chi connectivity index (χ2v) is 6.37. The Bertz CT molecular complexity index is 827. The maximum atomic E-state index is 13.0. The van der Waals surface area contributed by atoms with E-state index in [1.165, 1.54) is 30.3 Å². The Balaban J connectivity index is 1.51. The van der Waals surface area contributed by atoms with Gasteiger partial charge in [0.2, 0.25) is 0 Å². The zero-order valence-corrected chi connectivity index (χ0v) is 14.6. The molecule has 1 aliphatic rings. The maximum absolute atomic E-state index is 13.0. The summed E-state index contributed by atoms with van der Waals surface area (Å²) in [5.74, 6) is -0.725. The van der Waals surface area contributed by atoms with Gasteiger partial charge in [0.25, 0.3) is 5.91 Å². The highest BCUT2D eigenvalue weighted by Crippen LogP contribution is 2.18. The molecule has 2 N–H and O–H groups in total. The third kappa shape index (κ3) is 5.13. The van der Waals surface area contributed by atoms with Crippen LogP contribution in [0.1, 0.15) is 28.8 Å². The van der Waals surface area contributed by atoms with Gasteiger partial charge >= 0.3 is 5.97 Å². The number of benzene rings is 1. The summed E-state index contributed by atoms with van der Waals surface area (Å²) in [6, 6.07) is 9.40. The Labute approximate surface area is 156 Å². The van der Waals surface area contributed by atoms with E-state index in [1.54, 1.807) is 23.2 Å². The molecule has 3 rings (SSSR count). The second kappa shape index (κ2) is 8.44. The van der Waals surface area contributed by atoms with Gasteiger partial charge in [-0.15, -0.1) is 0 Å². The van der Waals surface area contributed by atoms with E-state index >= 15 is 0 Å². The molecule has 2 aromatic rings. The second-order valence-electron chi connectivity index (χ2n) is 6.37. The summed E-state index contributed by atoms with van der Waals surface area (Å²) < 4.78 is 13.0. The van der Waals surface area contributed by atoms with E-state index in [9.17, 15) is 14.0 Å². The lowest BCUT2D eigenvalue weighted by Crippen LogP contribution is -2.42. The number of piperidine rings is 1. The first kappa shape index (κ1) is 18.6. The number of anilines is 1. The molecule has 0 unspecified atom stereocenters. The van der Waals surface area contributed by atoms with Crippen LogP contribution < -0.4 is 5.32 Å². The van der Waals surface area contributed by atoms with Crippen molar-refractivity contribution in [2.75, 3.05) is 18.4 Å². The van der Waals surface area contributed by atoms with Crippen LogP contribution in [-0.4, -0.2) is 46.0 Å². The highest BCUT2D eigenvalue weighted by Gasteiger charge is 2.23. The van der Waals surface area contributed by atoms with Crippen molar-refractivity contribution in [1.82, 2.24) is 9.88 Å². The zero-order valence-electron chi connectivity index (χ0n) is 14.6. The number of amides is 1. The highest BCUT2D eigenvalue weighted by atomic mass is 19.1. The minimum atomic E-state index is -1.00. The third-order valence-electron chi connectivity index (χ3n) is 4.43. The van der Waals surface area contributed by atoms with Gasteiger partial charge in [-0.3, -0.25) is 4.79 Å². The Morgan fingerprint density at radius 3 is 2.44 bits per heavy atom. The number of likely N-dealkylation sites (tertiary alicyclic amines) is 1. The zero-order chi connectivity index (χ0) is 19.2. The van der Waals surface area contributed by atoms with Crippen LogP contribution >= 0.6 is 0 Å². The number of halogens is 1. The summed E-state index contributed by atoms with van der Waals surface area (Å²) in [5.41, 5.74) is 1.21. The van der Waals surface area contributed by atoms with Crippen molar-refractivity contribution >= 4 is 23.8 Å². The molecule has 2 heterocycles. The predicted octanol–water partition coefficient (Wildman–Crippen LogP) is 3.04. The largest absolute Gasteiger partial charge is 0.478 e. The predicted molar refractivity (Wildman–Crippen MR) is 99.9 cm³/mol. The number of hydrogen-bond acceptors (Lipinski definition) is 4. The number of aromatic nitrogens is 1. The minimum absolute atomic E-state index is 0.0823. The molecule has 1 aromatic heterocycles. The van der Waals surface area contributed by atoms with Gasteiger partial charge in [-0.1, -0.05) is 0 Å². The fourth-order valence-corrected chi connectivity index (χ4v) is 2.97. The van der Waals surface area contributed by atoms with Gasteiger partial charge in [-0.25, -0.2) is 14.2 Å². The van der Waals surface area contributed by atoms with Gasteiger partial charge in [0, 0.05) is 37.0 Å². The van der Waals surface area contributed by atoms with Crippen molar-refractivity contribution in [2.45, 2.75) is 18.9 Å². The van der Waals surface area contributed by atoms with Crippen LogP contribution in [0.4, 0.5) is 10.2 Å². The van der Waals surface area contributed by atoms with Crippen LogP contribution in [-0.2, 0) is 4.79 Å². The Morgan fingerprint density at radius 1 is 1.15 bits per heavy atom. The highest BCUT2D eigenvalue weighted by molar-refractivity contribution is 5.94. The normalized spacial score (nSPS) is 15.1. The van der Waals surface area contributed by atoms with E-state index < -0.39 is 5.97 Å². The van der Waals surface area contributed by atoms with Gasteiger partial charge in [0.1, 0.15) is 11.6 Å². The standard InChI is InChI=1S/C20H20FN3O3/c21-16-5-3-15(4-6-16)20(27)24-11-9-17(10-12-24)23-18-7-1-14(13-22-18)2-8-19(25)26/h1-8,13,17H,9-12H2,(H,22,23)(H,25,26)/b8-2+. The molecule has 1 fully saturated rings. The summed E-state index contributed by atoms with van der Waals surface area (Å²) >= 11 is 0. The van der Waals surface area contributed by atoms with Crippen LogP contribution in [0.3, 0.4) is 0 Å². The van der Waals surface area contributed by atoms with Gasteiger partial charge in [0.15, 0.2) is 0 Å². The minimum Gasteiger partial charge on any atom is -0.478 e. The molecule has 7 heteroatoms. The van der Waals surface area contributed by atoms with Crippen molar-refractivity contribution in [3.05, 3.63) is 65.6 Å². The lowest BCUT2D eigenvalue weighted by atomic mass is 10.0. The first-order valence-corrected chi connectivity index (χ1v) is 8.70. The van der Waals surface area contributed by atoms with E-state index in [1.807, 2.05) is 0 Å². The molecular formula is C20H20FN3O3. The molecule has 27 heavy (non-hydrogen) atoms.